The van der Waals surface area contributed by atoms with E-state index >= 15 is 0 Å². The van der Waals surface area contributed by atoms with Gasteiger partial charge in [0.1, 0.15) is 6.10 Å². The van der Waals surface area contributed by atoms with Crippen LogP contribution >= 0.6 is 0 Å². The van der Waals surface area contributed by atoms with Crippen molar-refractivity contribution in [3.8, 4) is 11.1 Å². The van der Waals surface area contributed by atoms with E-state index in [1.165, 1.54) is 0 Å². The predicted molar refractivity (Wildman–Crippen MR) is 138 cm³/mol. The van der Waals surface area contributed by atoms with Crippen LogP contribution in [0.25, 0.3) is 11.1 Å². The smallest absolute Gasteiger partial charge is 0.411 e. The molecule has 0 aromatic heterocycles. The summed E-state index contributed by atoms with van der Waals surface area (Å²) in [6.45, 7) is 3.00. The number of rotatable bonds is 10. The Hall–Kier alpha value is -3.39. The van der Waals surface area contributed by atoms with Crippen molar-refractivity contribution in [1.82, 2.24) is 9.80 Å². The van der Waals surface area contributed by atoms with Crippen LogP contribution in [-0.2, 0) is 14.3 Å². The lowest BCUT2D eigenvalue weighted by atomic mass is 10.0. The number of fused-ring (bicyclic) bond motifs is 1. The number of amides is 2. The van der Waals surface area contributed by atoms with Gasteiger partial charge in [-0.15, -0.1) is 0 Å². The molecule has 0 bridgehead atoms. The zero-order valence-electron chi connectivity index (χ0n) is 20.8. The molecule has 2 fully saturated rings. The largest absolute Gasteiger partial charge is 0.481 e. The second-order valence-corrected chi connectivity index (χ2v) is 9.88. The highest BCUT2D eigenvalue weighted by molar-refractivity contribution is 5.91. The van der Waals surface area contributed by atoms with Crippen molar-refractivity contribution < 1.29 is 24.2 Å². The normalized spacial score (nSPS) is 21.1. The Morgan fingerprint density at radius 2 is 1.67 bits per heavy atom. The summed E-state index contributed by atoms with van der Waals surface area (Å²) in [7, 11) is 1.73. The molecule has 192 valence electrons. The molecular weight excluding hydrogens is 458 g/mol. The fourth-order valence-electron chi connectivity index (χ4n) is 5.41. The van der Waals surface area contributed by atoms with Gasteiger partial charge in [0.25, 0.3) is 0 Å². The lowest BCUT2D eigenvalue weighted by Crippen LogP contribution is -2.33. The van der Waals surface area contributed by atoms with Crippen LogP contribution in [0, 0.1) is 11.8 Å². The molecule has 4 rings (SSSR count). The summed E-state index contributed by atoms with van der Waals surface area (Å²) < 4.78 is 5.79. The van der Waals surface area contributed by atoms with Crippen LogP contribution in [-0.4, -0.2) is 72.2 Å². The van der Waals surface area contributed by atoms with Crippen LogP contribution in [0.1, 0.15) is 32.1 Å². The molecule has 1 heterocycles. The second-order valence-electron chi connectivity index (χ2n) is 9.88. The first-order valence-corrected chi connectivity index (χ1v) is 12.7. The summed E-state index contributed by atoms with van der Waals surface area (Å²) in [6.07, 6.45) is 2.17. The van der Waals surface area contributed by atoms with E-state index in [0.717, 1.165) is 42.7 Å². The van der Waals surface area contributed by atoms with Crippen LogP contribution < -0.4 is 5.32 Å². The zero-order chi connectivity index (χ0) is 25.5. The molecule has 8 heteroatoms. The van der Waals surface area contributed by atoms with Crippen molar-refractivity contribution in [2.75, 3.05) is 38.5 Å². The molecule has 2 aliphatic rings. The standard InChI is InChI=1S/C28H35N3O5/c1-30(14-7-12-27(33)34)26(32)13-15-31-18-21-16-23(17-22(21)19-31)36-28(35)29-25-11-6-5-10-24(25)20-8-3-2-4-9-20/h2-6,8-11,21-23H,7,12-19H2,1H3,(H,29,35)(H,33,34)/t21-,22?,23?/m0/s1. The number of ether oxygens (including phenoxy) is 1. The maximum absolute atomic E-state index is 12.7. The second kappa shape index (κ2) is 12.0. The first kappa shape index (κ1) is 25.7. The molecule has 2 unspecified atom stereocenters. The summed E-state index contributed by atoms with van der Waals surface area (Å²) in [6, 6.07) is 17.7. The SMILES string of the molecule is CN(CCCC(=O)O)C(=O)CCN1CC2CC(OC(=O)Nc3ccccc3-c3ccccc3)C[C@H]2C1. The maximum Gasteiger partial charge on any atom is 0.411 e. The lowest BCUT2D eigenvalue weighted by molar-refractivity contribution is -0.138. The van der Waals surface area contributed by atoms with E-state index in [9.17, 15) is 14.4 Å². The number of carbonyl (C=O) groups excluding carboxylic acids is 2. The highest BCUT2D eigenvalue weighted by Crippen LogP contribution is 2.39. The number of aliphatic carboxylic acids is 1. The highest BCUT2D eigenvalue weighted by atomic mass is 16.6. The average molecular weight is 494 g/mol. The van der Waals surface area contributed by atoms with Gasteiger partial charge in [0, 0.05) is 51.6 Å². The van der Waals surface area contributed by atoms with Gasteiger partial charge in [-0.3, -0.25) is 14.9 Å². The molecule has 36 heavy (non-hydrogen) atoms. The first-order chi connectivity index (χ1) is 17.4. The molecule has 2 aromatic carbocycles. The molecule has 0 spiro atoms. The van der Waals surface area contributed by atoms with Crippen molar-refractivity contribution in [3.63, 3.8) is 0 Å². The Labute approximate surface area is 212 Å². The van der Waals surface area contributed by atoms with E-state index in [1.807, 2.05) is 54.6 Å². The van der Waals surface area contributed by atoms with Crippen LogP contribution in [0.2, 0.25) is 0 Å². The number of carbonyl (C=O) groups is 3. The monoisotopic (exact) mass is 493 g/mol. The van der Waals surface area contributed by atoms with E-state index in [2.05, 4.69) is 10.2 Å². The third-order valence-corrected chi connectivity index (χ3v) is 7.26. The molecule has 1 saturated carbocycles. The quantitative estimate of drug-likeness (QED) is 0.511. The third-order valence-electron chi connectivity index (χ3n) is 7.26. The highest BCUT2D eigenvalue weighted by Gasteiger charge is 2.42. The Balaban J connectivity index is 1.19. The Morgan fingerprint density at radius 1 is 1.00 bits per heavy atom. The van der Waals surface area contributed by atoms with E-state index < -0.39 is 12.1 Å². The molecule has 2 aromatic rings. The van der Waals surface area contributed by atoms with Gasteiger partial charge >= 0.3 is 12.1 Å². The number of hydrogen-bond donors (Lipinski definition) is 2. The van der Waals surface area contributed by atoms with Crippen molar-refractivity contribution in [3.05, 3.63) is 54.6 Å². The lowest BCUT2D eigenvalue weighted by Gasteiger charge is -2.21. The Morgan fingerprint density at radius 3 is 2.36 bits per heavy atom. The topological polar surface area (TPSA) is 99.2 Å². The average Bonchev–Trinajstić information content (AvgIpc) is 3.41. The van der Waals surface area contributed by atoms with E-state index in [-0.39, 0.29) is 18.4 Å². The van der Waals surface area contributed by atoms with Gasteiger partial charge < -0.3 is 19.6 Å². The summed E-state index contributed by atoms with van der Waals surface area (Å²) in [5, 5.41) is 11.7. The van der Waals surface area contributed by atoms with Gasteiger partial charge in [0.2, 0.25) is 5.91 Å². The number of para-hydroxylation sites is 1. The number of anilines is 1. The number of benzene rings is 2. The third kappa shape index (κ3) is 6.85. The van der Waals surface area contributed by atoms with E-state index in [4.69, 9.17) is 9.84 Å². The maximum atomic E-state index is 12.7. The van der Waals surface area contributed by atoms with Crippen molar-refractivity contribution in [2.24, 2.45) is 11.8 Å². The fraction of sp³-hybridized carbons (Fsp3) is 0.464. The number of likely N-dealkylation sites (tertiary alicyclic amines) is 1. The number of nitrogens with zero attached hydrogens (tertiary/aromatic N) is 2. The molecule has 3 atom stereocenters. The Kier molecular flexibility index (Phi) is 8.59. The minimum Gasteiger partial charge on any atom is -0.481 e. The van der Waals surface area contributed by atoms with Gasteiger partial charge in [-0.25, -0.2) is 4.79 Å². The van der Waals surface area contributed by atoms with E-state index in [0.29, 0.717) is 37.8 Å². The fourth-order valence-corrected chi connectivity index (χ4v) is 5.41. The number of nitrogens with one attached hydrogen (secondary N) is 1. The van der Waals surface area contributed by atoms with E-state index in [1.54, 1.807) is 11.9 Å². The van der Waals surface area contributed by atoms with Crippen LogP contribution in [0.5, 0.6) is 0 Å². The number of carboxylic acids is 1. The van der Waals surface area contributed by atoms with Crippen molar-refractivity contribution in [1.29, 1.82) is 0 Å². The minimum absolute atomic E-state index is 0.0473. The van der Waals surface area contributed by atoms with Crippen molar-refractivity contribution in [2.45, 2.75) is 38.2 Å². The molecule has 0 radical (unpaired) electrons. The minimum atomic E-state index is -0.837. The summed E-state index contributed by atoms with van der Waals surface area (Å²) in [5.74, 6) is 0.160. The molecule has 1 aliphatic heterocycles. The van der Waals surface area contributed by atoms with Gasteiger partial charge in [0.15, 0.2) is 0 Å². The first-order valence-electron chi connectivity index (χ1n) is 12.7. The number of hydrogen-bond acceptors (Lipinski definition) is 5. The van der Waals surface area contributed by atoms with Gasteiger partial charge in [-0.05, 0) is 42.7 Å². The molecule has 2 amide bonds. The van der Waals surface area contributed by atoms with Crippen LogP contribution in [0.15, 0.2) is 54.6 Å². The molecule has 2 N–H and O–H groups in total. The Bertz CT molecular complexity index is 1050. The van der Waals surface area contributed by atoms with Crippen molar-refractivity contribution >= 4 is 23.7 Å². The predicted octanol–water partition coefficient (Wildman–Crippen LogP) is 4.33. The molecule has 1 aliphatic carbocycles. The van der Waals surface area contributed by atoms with Crippen LogP contribution in [0.3, 0.4) is 0 Å². The number of carboxylic acid groups (broad SMARTS) is 1. The van der Waals surface area contributed by atoms with Gasteiger partial charge in [-0.2, -0.15) is 0 Å². The molecule has 1 saturated heterocycles. The van der Waals surface area contributed by atoms with Gasteiger partial charge in [0.05, 0.1) is 5.69 Å². The molecular formula is C28H35N3O5. The zero-order valence-corrected chi connectivity index (χ0v) is 20.8. The van der Waals surface area contributed by atoms with Crippen LogP contribution in [0.4, 0.5) is 10.5 Å². The molecule has 8 nitrogen and oxygen atoms in total. The van der Waals surface area contributed by atoms with Gasteiger partial charge in [-0.1, -0.05) is 48.5 Å². The summed E-state index contributed by atoms with van der Waals surface area (Å²) in [4.78, 5) is 39.6. The summed E-state index contributed by atoms with van der Waals surface area (Å²) in [5.41, 5.74) is 2.72. The summed E-state index contributed by atoms with van der Waals surface area (Å²) >= 11 is 0.